The smallest absolute Gasteiger partial charge is 0.214 e. The van der Waals surface area contributed by atoms with E-state index in [-0.39, 0.29) is 18.1 Å². The highest BCUT2D eigenvalue weighted by Gasteiger charge is 2.24. The first-order valence-electron chi connectivity index (χ1n) is 9.46. The molecule has 4 rings (SSSR count). The molecule has 0 aliphatic rings. The van der Waals surface area contributed by atoms with Gasteiger partial charge in [0.25, 0.3) is 0 Å². The van der Waals surface area contributed by atoms with Gasteiger partial charge in [-0.1, -0.05) is 53.5 Å². The molecule has 1 N–H and O–H groups in total. The number of aromatic amines is 1. The van der Waals surface area contributed by atoms with E-state index in [2.05, 4.69) is 20.9 Å². The van der Waals surface area contributed by atoms with Crippen molar-refractivity contribution in [3.05, 3.63) is 108 Å². The minimum absolute atomic E-state index is 0.213. The van der Waals surface area contributed by atoms with Crippen LogP contribution in [0.4, 0.5) is 0 Å². The summed E-state index contributed by atoms with van der Waals surface area (Å²) < 4.78 is 6.62. The van der Waals surface area contributed by atoms with E-state index in [4.69, 9.17) is 27.9 Å². The van der Waals surface area contributed by atoms with E-state index in [0.717, 1.165) is 27.6 Å². The molecular weight excluding hydrogens is 503 g/mol. The van der Waals surface area contributed by atoms with E-state index in [1.54, 1.807) is 12.1 Å². The van der Waals surface area contributed by atoms with E-state index in [0.29, 0.717) is 20.3 Å². The van der Waals surface area contributed by atoms with Crippen LogP contribution >= 0.6 is 39.1 Å². The molecule has 0 bridgehead atoms. The molecule has 0 saturated heterocycles. The van der Waals surface area contributed by atoms with E-state index < -0.39 is 5.92 Å². The Hall–Kier alpha value is -2.54. The molecular formula is C23H17BrCl2N2O3. The lowest BCUT2D eigenvalue weighted by atomic mass is 9.91. The first-order valence-corrected chi connectivity index (χ1v) is 11.0. The summed E-state index contributed by atoms with van der Waals surface area (Å²) in [6.45, 7) is 0.0591. The molecule has 0 saturated carbocycles. The van der Waals surface area contributed by atoms with Gasteiger partial charge in [-0.3, -0.25) is 10.1 Å². The van der Waals surface area contributed by atoms with Crippen molar-refractivity contribution in [1.29, 1.82) is 0 Å². The predicted octanol–water partition coefficient (Wildman–Crippen LogP) is 7.22. The zero-order valence-electron chi connectivity index (χ0n) is 16.1. The zero-order chi connectivity index (χ0) is 22.0. The number of hydrogen-bond acceptors (Lipinski definition) is 3. The summed E-state index contributed by atoms with van der Waals surface area (Å²) >= 11 is 15.7. The molecule has 0 aliphatic carbocycles. The van der Waals surface area contributed by atoms with Crippen LogP contribution in [0.1, 0.15) is 22.6 Å². The largest absolute Gasteiger partial charge is 0.488 e. The Morgan fingerprint density at radius 2 is 1.90 bits per heavy atom. The highest BCUT2D eigenvalue weighted by Crippen LogP contribution is 2.35. The number of para-hydroxylation sites is 1. The van der Waals surface area contributed by atoms with E-state index in [1.807, 2.05) is 54.7 Å². The number of benzene rings is 3. The van der Waals surface area contributed by atoms with Crippen molar-refractivity contribution in [2.75, 3.05) is 6.54 Å². The molecule has 0 spiro atoms. The van der Waals surface area contributed by atoms with Gasteiger partial charge in [-0.15, -0.1) is 0 Å². The van der Waals surface area contributed by atoms with Gasteiger partial charge in [0, 0.05) is 37.6 Å². The third kappa shape index (κ3) is 4.87. The maximum Gasteiger partial charge on any atom is 0.214 e. The Morgan fingerprint density at radius 3 is 2.65 bits per heavy atom. The number of nitro groups is 1. The van der Waals surface area contributed by atoms with E-state index in [9.17, 15) is 10.1 Å². The van der Waals surface area contributed by atoms with Gasteiger partial charge in [0.2, 0.25) is 6.54 Å². The second kappa shape index (κ2) is 9.30. The van der Waals surface area contributed by atoms with Gasteiger partial charge >= 0.3 is 0 Å². The fourth-order valence-corrected chi connectivity index (χ4v) is 4.53. The molecule has 1 aromatic heterocycles. The Morgan fingerprint density at radius 1 is 1.10 bits per heavy atom. The number of fused-ring (bicyclic) bond motifs is 1. The monoisotopic (exact) mass is 518 g/mol. The number of H-pyrrole nitrogens is 1. The second-order valence-corrected chi connectivity index (χ2v) is 8.77. The highest BCUT2D eigenvalue weighted by atomic mass is 79.9. The van der Waals surface area contributed by atoms with Crippen LogP contribution in [-0.2, 0) is 6.61 Å². The SMILES string of the molecule is O=[N+]([O-])C[C@H](c1ccc(OCc2ccc(Cl)cc2Cl)c(Br)c1)c1c[nH]c2ccccc12. The molecule has 3 aromatic carbocycles. The molecule has 4 aromatic rings. The molecule has 8 heteroatoms. The summed E-state index contributed by atoms with van der Waals surface area (Å²) in [6, 6.07) is 18.6. The molecule has 0 aliphatic heterocycles. The molecule has 1 atom stereocenters. The lowest BCUT2D eigenvalue weighted by molar-refractivity contribution is -0.481. The van der Waals surface area contributed by atoms with Crippen LogP contribution < -0.4 is 4.74 Å². The van der Waals surface area contributed by atoms with Crippen LogP contribution in [-0.4, -0.2) is 16.5 Å². The quantitative estimate of drug-likeness (QED) is 0.207. The summed E-state index contributed by atoms with van der Waals surface area (Å²) in [4.78, 5) is 14.3. The van der Waals surface area contributed by atoms with Crippen molar-refractivity contribution in [2.24, 2.45) is 0 Å². The summed E-state index contributed by atoms with van der Waals surface area (Å²) in [5.41, 5.74) is 3.47. The summed E-state index contributed by atoms with van der Waals surface area (Å²) in [5.74, 6) is 0.218. The summed E-state index contributed by atoms with van der Waals surface area (Å²) in [6.07, 6.45) is 1.85. The van der Waals surface area contributed by atoms with Crippen molar-refractivity contribution in [1.82, 2.24) is 4.98 Å². The Bertz CT molecular complexity index is 1260. The van der Waals surface area contributed by atoms with Gasteiger partial charge in [-0.25, -0.2) is 0 Å². The zero-order valence-corrected chi connectivity index (χ0v) is 19.2. The van der Waals surface area contributed by atoms with Gasteiger partial charge in [0.1, 0.15) is 12.4 Å². The average Bonchev–Trinajstić information content (AvgIpc) is 3.16. The van der Waals surface area contributed by atoms with Crippen LogP contribution in [0.3, 0.4) is 0 Å². The fourth-order valence-electron chi connectivity index (χ4n) is 3.56. The summed E-state index contributed by atoms with van der Waals surface area (Å²) in [5, 5.41) is 13.5. The van der Waals surface area contributed by atoms with Crippen LogP contribution in [0.2, 0.25) is 10.0 Å². The summed E-state index contributed by atoms with van der Waals surface area (Å²) in [7, 11) is 0. The van der Waals surface area contributed by atoms with Crippen LogP contribution in [0.15, 0.2) is 71.3 Å². The van der Waals surface area contributed by atoms with E-state index in [1.165, 1.54) is 0 Å². The first kappa shape index (κ1) is 21.7. The average molecular weight is 520 g/mol. The van der Waals surface area contributed by atoms with Gasteiger partial charge in [-0.05, 0) is 57.4 Å². The highest BCUT2D eigenvalue weighted by molar-refractivity contribution is 9.10. The Balaban J connectivity index is 1.61. The number of aromatic nitrogens is 1. The molecule has 5 nitrogen and oxygen atoms in total. The van der Waals surface area contributed by atoms with Gasteiger partial charge in [0.05, 0.1) is 10.4 Å². The van der Waals surface area contributed by atoms with Crippen molar-refractivity contribution in [2.45, 2.75) is 12.5 Å². The maximum absolute atomic E-state index is 11.4. The third-order valence-corrected chi connectivity index (χ3v) is 6.29. The van der Waals surface area contributed by atoms with E-state index >= 15 is 0 Å². The Kier molecular flexibility index (Phi) is 6.51. The topological polar surface area (TPSA) is 68.2 Å². The molecule has 0 fully saturated rings. The van der Waals surface area contributed by atoms with Crippen molar-refractivity contribution < 1.29 is 9.66 Å². The molecule has 0 radical (unpaired) electrons. The Labute approximate surface area is 197 Å². The molecule has 0 amide bonds. The number of halogens is 3. The van der Waals surface area contributed by atoms with Crippen LogP contribution in [0, 0.1) is 10.1 Å². The molecule has 0 unspecified atom stereocenters. The number of hydrogen-bond donors (Lipinski definition) is 1. The van der Waals surface area contributed by atoms with Crippen LogP contribution in [0.5, 0.6) is 5.75 Å². The lowest BCUT2D eigenvalue weighted by Crippen LogP contribution is -2.14. The number of nitrogens with one attached hydrogen (secondary N) is 1. The predicted molar refractivity (Wildman–Crippen MR) is 127 cm³/mol. The second-order valence-electron chi connectivity index (χ2n) is 7.07. The van der Waals surface area contributed by atoms with Crippen molar-refractivity contribution in [3.8, 4) is 5.75 Å². The van der Waals surface area contributed by atoms with Gasteiger partial charge in [0.15, 0.2) is 0 Å². The lowest BCUT2D eigenvalue weighted by Gasteiger charge is -2.16. The van der Waals surface area contributed by atoms with Crippen molar-refractivity contribution in [3.63, 3.8) is 0 Å². The van der Waals surface area contributed by atoms with Crippen molar-refractivity contribution >= 4 is 50.0 Å². The minimum atomic E-state index is -0.401. The van der Waals surface area contributed by atoms with Gasteiger partial charge < -0.3 is 9.72 Å². The number of nitrogens with zero attached hydrogens (tertiary/aromatic N) is 1. The normalized spacial score (nSPS) is 12.1. The molecule has 1 heterocycles. The van der Waals surface area contributed by atoms with Gasteiger partial charge in [-0.2, -0.15) is 0 Å². The van der Waals surface area contributed by atoms with Crippen LogP contribution in [0.25, 0.3) is 10.9 Å². The third-order valence-electron chi connectivity index (χ3n) is 5.08. The standard InChI is InChI=1S/C23H17BrCl2N2O3/c24-20-9-14(6-8-23(20)31-13-15-5-7-16(25)10-21(15)26)19(12-28(29)30)18-11-27-22-4-2-1-3-17(18)22/h1-11,19,27H,12-13H2/t19-/m1/s1. The maximum atomic E-state index is 11.4. The minimum Gasteiger partial charge on any atom is -0.488 e. The number of ether oxygens (including phenoxy) is 1. The number of rotatable bonds is 7. The first-order chi connectivity index (χ1) is 14.9. The fraction of sp³-hybridized carbons (Fsp3) is 0.130. The molecule has 158 valence electrons. The molecule has 31 heavy (non-hydrogen) atoms.